The minimum Gasteiger partial charge on any atom is -0.447 e. The van der Waals surface area contributed by atoms with E-state index < -0.39 is 4.92 Å². The van der Waals surface area contributed by atoms with E-state index in [1.165, 1.54) is 4.90 Å². The smallest absolute Gasteiger partial charge is 0.414 e. The van der Waals surface area contributed by atoms with Crippen molar-refractivity contribution in [1.82, 2.24) is 9.97 Å². The Bertz CT molecular complexity index is 719. The summed E-state index contributed by atoms with van der Waals surface area (Å²) in [6, 6.07) is 7.08. The molecule has 9 nitrogen and oxygen atoms in total. The van der Waals surface area contributed by atoms with Crippen LogP contribution in [0.2, 0.25) is 0 Å². The highest BCUT2D eigenvalue weighted by Gasteiger charge is 2.23. The van der Waals surface area contributed by atoms with Crippen LogP contribution >= 0.6 is 0 Å². The molecular weight excluding hydrogens is 290 g/mol. The SMILES string of the molecule is O=C1OCCN1c1cccc(Nc2ncc([N+](=O)[O-])cn2)c1. The van der Waals surface area contributed by atoms with E-state index in [0.717, 1.165) is 12.4 Å². The van der Waals surface area contributed by atoms with E-state index in [2.05, 4.69) is 15.3 Å². The molecule has 0 bridgehead atoms. The predicted octanol–water partition coefficient (Wildman–Crippen LogP) is 2.08. The highest BCUT2D eigenvalue weighted by atomic mass is 16.6. The molecule has 3 rings (SSSR count). The quantitative estimate of drug-likeness (QED) is 0.679. The fraction of sp³-hybridized carbons (Fsp3) is 0.154. The van der Waals surface area contributed by atoms with Crippen molar-refractivity contribution < 1.29 is 14.5 Å². The fourth-order valence-electron chi connectivity index (χ4n) is 1.99. The number of cyclic esters (lactones) is 1. The third-order valence-electron chi connectivity index (χ3n) is 3.02. The summed E-state index contributed by atoms with van der Waals surface area (Å²) in [6.45, 7) is 0.859. The van der Waals surface area contributed by atoms with Crippen LogP contribution in [0.25, 0.3) is 0 Å². The van der Waals surface area contributed by atoms with Crippen molar-refractivity contribution in [3.8, 4) is 0 Å². The molecule has 0 unspecified atom stereocenters. The first-order valence-corrected chi connectivity index (χ1v) is 6.41. The first kappa shape index (κ1) is 13.7. The standard InChI is InChI=1S/C13H11N5O4/c19-13-17(4-5-22-13)10-3-1-2-9(6-10)16-12-14-7-11(8-15-12)18(20)21/h1-3,6-8H,4-5H2,(H,14,15,16). The number of amides is 1. The van der Waals surface area contributed by atoms with Gasteiger partial charge in [0.15, 0.2) is 0 Å². The van der Waals surface area contributed by atoms with Gasteiger partial charge >= 0.3 is 11.8 Å². The molecule has 22 heavy (non-hydrogen) atoms. The van der Waals surface area contributed by atoms with Crippen molar-refractivity contribution in [2.24, 2.45) is 0 Å². The van der Waals surface area contributed by atoms with Crippen LogP contribution in [0.15, 0.2) is 36.7 Å². The van der Waals surface area contributed by atoms with Gasteiger partial charge in [-0.2, -0.15) is 0 Å². The summed E-state index contributed by atoms with van der Waals surface area (Å²) >= 11 is 0. The number of rotatable bonds is 4. The summed E-state index contributed by atoms with van der Waals surface area (Å²) in [5.74, 6) is 0.228. The van der Waals surface area contributed by atoms with Crippen LogP contribution in [0.5, 0.6) is 0 Å². The third kappa shape index (κ3) is 2.77. The Labute approximate surface area is 124 Å². The maximum absolute atomic E-state index is 11.5. The van der Waals surface area contributed by atoms with E-state index in [9.17, 15) is 14.9 Å². The topological polar surface area (TPSA) is 110 Å². The number of ether oxygens (including phenoxy) is 1. The Morgan fingerprint density at radius 1 is 1.32 bits per heavy atom. The number of carbonyl (C=O) groups is 1. The molecule has 0 atom stereocenters. The summed E-state index contributed by atoms with van der Waals surface area (Å²) in [5, 5.41) is 13.5. The van der Waals surface area contributed by atoms with Gasteiger partial charge in [-0.25, -0.2) is 14.8 Å². The highest BCUT2D eigenvalue weighted by molar-refractivity contribution is 5.90. The molecule has 1 N–H and O–H groups in total. The number of carbonyl (C=O) groups excluding carboxylic acids is 1. The number of nitrogens with one attached hydrogen (secondary N) is 1. The minimum absolute atomic E-state index is 0.181. The lowest BCUT2D eigenvalue weighted by Crippen LogP contribution is -2.23. The van der Waals surface area contributed by atoms with Gasteiger partial charge in [-0.15, -0.1) is 0 Å². The molecule has 0 saturated carbocycles. The van der Waals surface area contributed by atoms with E-state index in [1.54, 1.807) is 24.3 Å². The zero-order valence-corrected chi connectivity index (χ0v) is 11.3. The van der Waals surface area contributed by atoms with Crippen molar-refractivity contribution in [2.45, 2.75) is 0 Å². The molecule has 1 aliphatic heterocycles. The van der Waals surface area contributed by atoms with Gasteiger partial charge in [-0.1, -0.05) is 6.07 Å². The fourth-order valence-corrected chi connectivity index (χ4v) is 1.99. The highest BCUT2D eigenvalue weighted by Crippen LogP contribution is 2.24. The van der Waals surface area contributed by atoms with Gasteiger partial charge in [0.1, 0.15) is 19.0 Å². The van der Waals surface area contributed by atoms with Crippen LogP contribution in [-0.2, 0) is 4.74 Å². The molecule has 1 aromatic carbocycles. The minimum atomic E-state index is -0.566. The van der Waals surface area contributed by atoms with Crippen LogP contribution in [0.4, 0.5) is 27.8 Å². The Kier molecular flexibility index (Phi) is 3.52. The summed E-state index contributed by atoms with van der Waals surface area (Å²) in [4.78, 5) is 30.8. The number of benzene rings is 1. The van der Waals surface area contributed by atoms with Crippen molar-refractivity contribution in [2.75, 3.05) is 23.4 Å². The molecule has 0 spiro atoms. The number of anilines is 3. The second kappa shape index (κ2) is 5.64. The maximum atomic E-state index is 11.5. The number of nitrogens with zero attached hydrogens (tertiary/aromatic N) is 4. The monoisotopic (exact) mass is 301 g/mol. The van der Waals surface area contributed by atoms with E-state index >= 15 is 0 Å². The second-order valence-corrected chi connectivity index (χ2v) is 4.46. The number of aromatic nitrogens is 2. The van der Waals surface area contributed by atoms with Crippen LogP contribution in [0, 0.1) is 10.1 Å². The number of hydrogen-bond donors (Lipinski definition) is 1. The maximum Gasteiger partial charge on any atom is 0.414 e. The van der Waals surface area contributed by atoms with Gasteiger partial charge in [0.05, 0.1) is 11.5 Å². The first-order chi connectivity index (χ1) is 10.6. The lowest BCUT2D eigenvalue weighted by Gasteiger charge is -2.14. The van der Waals surface area contributed by atoms with Gasteiger partial charge in [-0.3, -0.25) is 15.0 Å². The average Bonchev–Trinajstić information content (AvgIpc) is 2.94. The normalized spacial score (nSPS) is 13.8. The molecule has 9 heteroatoms. The molecule has 1 amide bonds. The Morgan fingerprint density at radius 3 is 2.73 bits per heavy atom. The van der Waals surface area contributed by atoms with Crippen molar-refractivity contribution in [3.63, 3.8) is 0 Å². The predicted molar refractivity (Wildman–Crippen MR) is 77.1 cm³/mol. The number of nitro groups is 1. The van der Waals surface area contributed by atoms with E-state index in [4.69, 9.17) is 4.74 Å². The van der Waals surface area contributed by atoms with Gasteiger partial charge in [0.25, 0.3) is 0 Å². The molecule has 112 valence electrons. The lowest BCUT2D eigenvalue weighted by molar-refractivity contribution is -0.385. The third-order valence-corrected chi connectivity index (χ3v) is 3.02. The molecule has 2 aromatic rings. The van der Waals surface area contributed by atoms with Crippen molar-refractivity contribution >= 4 is 29.1 Å². The van der Waals surface area contributed by atoms with Crippen LogP contribution in [0.1, 0.15) is 0 Å². The summed E-state index contributed by atoms with van der Waals surface area (Å²) in [7, 11) is 0. The second-order valence-electron chi connectivity index (χ2n) is 4.46. The van der Waals surface area contributed by atoms with Gasteiger partial charge in [0.2, 0.25) is 5.95 Å². The summed E-state index contributed by atoms with van der Waals surface area (Å²) in [5.41, 5.74) is 1.17. The molecular formula is C13H11N5O4. The average molecular weight is 301 g/mol. The zero-order valence-electron chi connectivity index (χ0n) is 11.3. The van der Waals surface area contributed by atoms with Crippen LogP contribution in [-0.4, -0.2) is 34.1 Å². The van der Waals surface area contributed by atoms with E-state index in [1.807, 2.05) is 0 Å². The van der Waals surface area contributed by atoms with Crippen LogP contribution in [0.3, 0.4) is 0 Å². The molecule has 0 aliphatic carbocycles. The van der Waals surface area contributed by atoms with Crippen LogP contribution < -0.4 is 10.2 Å². The summed E-state index contributed by atoms with van der Waals surface area (Å²) < 4.78 is 4.89. The molecule has 0 radical (unpaired) electrons. The molecule has 2 heterocycles. The van der Waals surface area contributed by atoms with Gasteiger partial charge in [0, 0.05) is 11.4 Å². The molecule has 1 saturated heterocycles. The Morgan fingerprint density at radius 2 is 2.09 bits per heavy atom. The Balaban J connectivity index is 1.77. The van der Waals surface area contributed by atoms with Crippen molar-refractivity contribution in [1.29, 1.82) is 0 Å². The molecule has 1 aliphatic rings. The summed E-state index contributed by atoms with van der Waals surface area (Å²) in [6.07, 6.45) is 1.86. The van der Waals surface area contributed by atoms with Gasteiger partial charge in [-0.05, 0) is 18.2 Å². The first-order valence-electron chi connectivity index (χ1n) is 6.41. The lowest BCUT2D eigenvalue weighted by atomic mass is 10.2. The zero-order chi connectivity index (χ0) is 15.5. The largest absolute Gasteiger partial charge is 0.447 e. The molecule has 1 fully saturated rings. The van der Waals surface area contributed by atoms with Crippen molar-refractivity contribution in [3.05, 3.63) is 46.8 Å². The Hall–Kier alpha value is -3.23. The van der Waals surface area contributed by atoms with E-state index in [-0.39, 0.29) is 17.7 Å². The number of hydrogen-bond acceptors (Lipinski definition) is 7. The van der Waals surface area contributed by atoms with E-state index in [0.29, 0.717) is 24.5 Å². The molecule has 1 aromatic heterocycles. The van der Waals surface area contributed by atoms with Gasteiger partial charge < -0.3 is 10.1 Å².